The summed E-state index contributed by atoms with van der Waals surface area (Å²) in [5, 5.41) is 7.79. The van der Waals surface area contributed by atoms with Crippen LogP contribution in [0.2, 0.25) is 0 Å². The van der Waals surface area contributed by atoms with Crippen LogP contribution in [0.3, 0.4) is 0 Å². The predicted octanol–water partition coefficient (Wildman–Crippen LogP) is 5.34. The second-order valence-corrected chi connectivity index (χ2v) is 10.6. The highest BCUT2D eigenvalue weighted by Gasteiger charge is 2.30. The molecule has 3 aromatic rings. The summed E-state index contributed by atoms with van der Waals surface area (Å²) in [5.41, 5.74) is 9.14. The molecule has 1 saturated carbocycles. The van der Waals surface area contributed by atoms with Crippen molar-refractivity contribution < 1.29 is 0 Å². The minimum atomic E-state index is -0.0499. The first-order valence-electron chi connectivity index (χ1n) is 13.1. The summed E-state index contributed by atoms with van der Waals surface area (Å²) in [4.78, 5) is 21.3. The molecular formula is C29H37N5O. The first-order chi connectivity index (χ1) is 16.9. The molecule has 1 aliphatic carbocycles. The topological polar surface area (TPSA) is 88.0 Å². The number of aromatic nitrogens is 2. The molecule has 2 aromatic carbocycles. The van der Waals surface area contributed by atoms with E-state index in [4.69, 9.17) is 16.1 Å². The van der Waals surface area contributed by atoms with E-state index in [2.05, 4.69) is 18.7 Å². The highest BCUT2D eigenvalue weighted by atomic mass is 16.1. The number of amidine groups is 1. The Labute approximate surface area is 207 Å². The molecule has 6 heteroatoms. The summed E-state index contributed by atoms with van der Waals surface area (Å²) >= 11 is 0. The van der Waals surface area contributed by atoms with Gasteiger partial charge in [0.25, 0.3) is 5.56 Å². The number of likely N-dealkylation sites (tertiary alicyclic amines) is 1. The van der Waals surface area contributed by atoms with E-state index in [9.17, 15) is 4.79 Å². The molecule has 6 nitrogen and oxygen atoms in total. The summed E-state index contributed by atoms with van der Waals surface area (Å²) in [6.07, 6.45) is 8.31. The van der Waals surface area contributed by atoms with Crippen LogP contribution in [0.5, 0.6) is 0 Å². The van der Waals surface area contributed by atoms with E-state index in [1.54, 1.807) is 12.1 Å². The molecule has 1 aromatic heterocycles. The average molecular weight is 472 g/mol. The van der Waals surface area contributed by atoms with E-state index in [0.717, 1.165) is 36.7 Å². The molecule has 0 amide bonds. The Morgan fingerprint density at radius 1 is 1.00 bits per heavy atom. The molecule has 1 aliphatic heterocycles. The molecule has 2 aliphatic rings. The van der Waals surface area contributed by atoms with Crippen molar-refractivity contribution in [3.63, 3.8) is 0 Å². The van der Waals surface area contributed by atoms with Gasteiger partial charge in [-0.3, -0.25) is 15.1 Å². The third-order valence-electron chi connectivity index (χ3n) is 8.27. The number of nitrogens with two attached hydrogens (primary N) is 1. The molecule has 0 radical (unpaired) electrons. The van der Waals surface area contributed by atoms with E-state index in [-0.39, 0.29) is 17.4 Å². The molecule has 3 N–H and O–H groups in total. The number of rotatable bonds is 5. The Balaban J connectivity index is 1.44. The first-order valence-corrected chi connectivity index (χ1v) is 13.1. The summed E-state index contributed by atoms with van der Waals surface area (Å²) in [7, 11) is 0. The number of nitrogen functional groups attached to an aromatic ring is 1. The SMILES string of the molecule is C[C@@H]1CCC[C@H](C)N1CC1CCC(n2c(=O)c(-c3cccc(C(=N)N)c3)nc3ccccc32)CC1. The number of hydrogen-bond acceptors (Lipinski definition) is 4. The van der Waals surface area contributed by atoms with Gasteiger partial charge in [0.1, 0.15) is 11.5 Å². The molecular weight excluding hydrogens is 434 g/mol. The highest BCUT2D eigenvalue weighted by Crippen LogP contribution is 2.35. The fourth-order valence-corrected chi connectivity index (χ4v) is 6.26. The van der Waals surface area contributed by atoms with Gasteiger partial charge in [-0.1, -0.05) is 36.8 Å². The number of piperidine rings is 1. The summed E-state index contributed by atoms with van der Waals surface area (Å²) in [6.45, 7) is 5.95. The highest BCUT2D eigenvalue weighted by molar-refractivity contribution is 5.96. The van der Waals surface area contributed by atoms with Crippen molar-refractivity contribution in [3.8, 4) is 11.3 Å². The lowest BCUT2D eigenvalue weighted by molar-refractivity contribution is 0.0714. The third-order valence-corrected chi connectivity index (χ3v) is 8.27. The number of fused-ring (bicyclic) bond motifs is 1. The maximum absolute atomic E-state index is 13.9. The fourth-order valence-electron chi connectivity index (χ4n) is 6.26. The van der Waals surface area contributed by atoms with Gasteiger partial charge in [0, 0.05) is 35.8 Å². The Hall–Kier alpha value is -2.99. The molecule has 1 saturated heterocycles. The Morgan fingerprint density at radius 3 is 2.43 bits per heavy atom. The number of para-hydroxylation sites is 2. The van der Waals surface area contributed by atoms with E-state index in [0.29, 0.717) is 34.8 Å². The van der Waals surface area contributed by atoms with Gasteiger partial charge in [0.2, 0.25) is 0 Å². The van der Waals surface area contributed by atoms with E-state index >= 15 is 0 Å². The molecule has 2 fully saturated rings. The first kappa shape index (κ1) is 23.7. The van der Waals surface area contributed by atoms with Gasteiger partial charge >= 0.3 is 0 Å². The van der Waals surface area contributed by atoms with E-state index in [1.807, 2.05) is 41.0 Å². The zero-order valence-electron chi connectivity index (χ0n) is 20.9. The molecule has 184 valence electrons. The summed E-state index contributed by atoms with van der Waals surface area (Å²) < 4.78 is 2.00. The second-order valence-electron chi connectivity index (χ2n) is 10.6. The monoisotopic (exact) mass is 471 g/mol. The van der Waals surface area contributed by atoms with Gasteiger partial charge in [0.15, 0.2) is 0 Å². The van der Waals surface area contributed by atoms with Crippen molar-refractivity contribution in [1.29, 1.82) is 5.41 Å². The van der Waals surface area contributed by atoms with Crippen molar-refractivity contribution in [2.45, 2.75) is 76.9 Å². The van der Waals surface area contributed by atoms with Crippen LogP contribution in [0.25, 0.3) is 22.3 Å². The number of hydrogen-bond donors (Lipinski definition) is 2. The van der Waals surface area contributed by atoms with Gasteiger partial charge in [-0.2, -0.15) is 0 Å². The standard InChI is InChI=1S/C29H37N5O/c1-19-7-5-8-20(2)33(19)18-21-13-15-24(16-14-21)34-26-12-4-3-11-25(26)32-27(29(34)35)22-9-6-10-23(17-22)28(30)31/h3-4,6,9-12,17,19-21,24H,5,7-8,13-16,18H2,1-2H3,(H3,30,31)/t19-,20+,21?,24?. The van der Waals surface area contributed by atoms with E-state index < -0.39 is 0 Å². The Kier molecular flexibility index (Phi) is 6.74. The van der Waals surface area contributed by atoms with Crippen LogP contribution in [0, 0.1) is 11.3 Å². The molecule has 0 spiro atoms. The van der Waals surface area contributed by atoms with Gasteiger partial charge in [-0.05, 0) is 76.5 Å². The molecule has 2 atom stereocenters. The lowest BCUT2D eigenvalue weighted by atomic mass is 9.84. The fraction of sp³-hybridized carbons (Fsp3) is 0.483. The number of benzene rings is 2. The lowest BCUT2D eigenvalue weighted by Crippen LogP contribution is -2.46. The maximum Gasteiger partial charge on any atom is 0.277 e. The molecule has 0 bridgehead atoms. The predicted molar refractivity (Wildman–Crippen MR) is 143 cm³/mol. The molecule has 2 heterocycles. The van der Waals surface area contributed by atoms with Crippen LogP contribution in [-0.2, 0) is 0 Å². The number of nitrogens with zero attached hydrogens (tertiary/aromatic N) is 3. The van der Waals surface area contributed by atoms with Crippen LogP contribution < -0.4 is 11.3 Å². The third kappa shape index (κ3) is 4.76. The maximum atomic E-state index is 13.9. The van der Waals surface area contributed by atoms with Crippen molar-refractivity contribution >= 4 is 16.9 Å². The normalized spacial score (nSPS) is 25.5. The summed E-state index contributed by atoms with van der Waals surface area (Å²) in [5.74, 6) is 0.688. The van der Waals surface area contributed by atoms with Gasteiger partial charge in [-0.25, -0.2) is 4.98 Å². The quantitative estimate of drug-likeness (QED) is 0.388. The zero-order valence-corrected chi connectivity index (χ0v) is 20.9. The van der Waals surface area contributed by atoms with Crippen molar-refractivity contribution in [3.05, 3.63) is 64.4 Å². The van der Waals surface area contributed by atoms with Gasteiger partial charge in [0.05, 0.1) is 11.0 Å². The minimum absolute atomic E-state index is 0.0105. The Morgan fingerprint density at radius 2 is 1.71 bits per heavy atom. The van der Waals surface area contributed by atoms with Crippen LogP contribution >= 0.6 is 0 Å². The van der Waals surface area contributed by atoms with Gasteiger partial charge in [-0.15, -0.1) is 0 Å². The molecule has 5 rings (SSSR count). The molecule has 35 heavy (non-hydrogen) atoms. The van der Waals surface area contributed by atoms with Crippen LogP contribution in [0.4, 0.5) is 0 Å². The largest absolute Gasteiger partial charge is 0.384 e. The second kappa shape index (κ2) is 9.94. The van der Waals surface area contributed by atoms with Crippen molar-refractivity contribution in [2.24, 2.45) is 11.7 Å². The smallest absolute Gasteiger partial charge is 0.277 e. The Bertz CT molecular complexity index is 1260. The van der Waals surface area contributed by atoms with Crippen LogP contribution in [0.15, 0.2) is 53.3 Å². The zero-order chi connectivity index (χ0) is 24.5. The van der Waals surface area contributed by atoms with Crippen molar-refractivity contribution in [1.82, 2.24) is 14.5 Å². The van der Waals surface area contributed by atoms with Gasteiger partial charge < -0.3 is 10.3 Å². The molecule has 0 unspecified atom stereocenters. The van der Waals surface area contributed by atoms with E-state index in [1.165, 1.54) is 25.8 Å². The summed E-state index contributed by atoms with van der Waals surface area (Å²) in [6, 6.07) is 16.8. The minimum Gasteiger partial charge on any atom is -0.384 e. The van der Waals surface area contributed by atoms with Crippen LogP contribution in [0.1, 0.15) is 70.4 Å². The average Bonchev–Trinajstić information content (AvgIpc) is 2.86. The van der Waals surface area contributed by atoms with Crippen molar-refractivity contribution in [2.75, 3.05) is 6.54 Å². The van der Waals surface area contributed by atoms with Crippen LogP contribution in [-0.4, -0.2) is 38.9 Å². The number of nitrogens with one attached hydrogen (secondary N) is 1. The lowest BCUT2D eigenvalue weighted by Gasteiger charge is -2.42.